The number of rotatable bonds is 6. The van der Waals surface area contributed by atoms with Gasteiger partial charge in [0, 0.05) is 0 Å². The molecule has 0 aliphatic carbocycles. The standard InChI is InChI=1S/C21H15ClN2O4/c22-18-19(23-13-17-7-4-12-27-17)21(26)24(20(18)25)14-8-10-16(11-9-14)28-15-5-2-1-3-6-15/h1-12,23H,13H2. The van der Waals surface area contributed by atoms with E-state index in [1.807, 2.05) is 30.3 Å². The number of nitrogens with zero attached hydrogens (tertiary/aromatic N) is 1. The lowest BCUT2D eigenvalue weighted by Crippen LogP contribution is -2.33. The predicted octanol–water partition coefficient (Wildman–Crippen LogP) is 4.19. The van der Waals surface area contributed by atoms with Gasteiger partial charge in [0.1, 0.15) is 28.0 Å². The van der Waals surface area contributed by atoms with Gasteiger partial charge in [0.25, 0.3) is 11.8 Å². The number of imide groups is 1. The van der Waals surface area contributed by atoms with Gasteiger partial charge in [-0.1, -0.05) is 29.8 Å². The van der Waals surface area contributed by atoms with E-state index in [1.165, 1.54) is 6.26 Å². The second kappa shape index (κ2) is 7.62. The third-order valence-corrected chi connectivity index (χ3v) is 4.47. The van der Waals surface area contributed by atoms with Crippen molar-refractivity contribution in [2.45, 2.75) is 6.54 Å². The number of hydrogen-bond donors (Lipinski definition) is 1. The zero-order valence-electron chi connectivity index (χ0n) is 14.6. The van der Waals surface area contributed by atoms with Gasteiger partial charge < -0.3 is 14.5 Å². The molecule has 2 aromatic carbocycles. The van der Waals surface area contributed by atoms with E-state index >= 15 is 0 Å². The first-order valence-corrected chi connectivity index (χ1v) is 8.89. The number of hydrogen-bond acceptors (Lipinski definition) is 5. The summed E-state index contributed by atoms with van der Waals surface area (Å²) in [4.78, 5) is 26.2. The van der Waals surface area contributed by atoms with Crippen LogP contribution in [-0.2, 0) is 16.1 Å². The first-order chi connectivity index (χ1) is 13.6. The number of amides is 2. The molecular weight excluding hydrogens is 380 g/mol. The van der Waals surface area contributed by atoms with E-state index in [0.29, 0.717) is 22.9 Å². The lowest BCUT2D eigenvalue weighted by molar-refractivity contribution is -0.120. The van der Waals surface area contributed by atoms with Crippen molar-refractivity contribution in [3.8, 4) is 11.5 Å². The molecule has 1 aromatic heterocycles. The molecule has 0 saturated carbocycles. The summed E-state index contributed by atoms with van der Waals surface area (Å²) >= 11 is 6.10. The summed E-state index contributed by atoms with van der Waals surface area (Å²) in [6.45, 7) is 0.245. The molecule has 1 aliphatic heterocycles. The fraction of sp³-hybridized carbons (Fsp3) is 0.0476. The van der Waals surface area contributed by atoms with Crippen molar-refractivity contribution in [3.05, 3.63) is 89.5 Å². The Kier molecular flexibility index (Phi) is 4.87. The zero-order chi connectivity index (χ0) is 19.5. The molecular formula is C21H15ClN2O4. The van der Waals surface area contributed by atoms with Crippen molar-refractivity contribution < 1.29 is 18.7 Å². The molecule has 4 rings (SSSR count). The highest BCUT2D eigenvalue weighted by atomic mass is 35.5. The van der Waals surface area contributed by atoms with E-state index in [4.69, 9.17) is 20.8 Å². The van der Waals surface area contributed by atoms with Crippen LogP contribution in [0.2, 0.25) is 0 Å². The Bertz CT molecular complexity index is 1030. The Hall–Kier alpha value is -3.51. The number of furan rings is 1. The van der Waals surface area contributed by atoms with Crippen molar-refractivity contribution in [3.63, 3.8) is 0 Å². The molecule has 140 valence electrons. The molecule has 3 aromatic rings. The van der Waals surface area contributed by atoms with Crippen LogP contribution in [0.5, 0.6) is 11.5 Å². The minimum absolute atomic E-state index is 0.0488. The number of carbonyl (C=O) groups excluding carboxylic acids is 2. The molecule has 0 saturated heterocycles. The van der Waals surface area contributed by atoms with E-state index in [1.54, 1.807) is 36.4 Å². The minimum Gasteiger partial charge on any atom is -0.467 e. The van der Waals surface area contributed by atoms with Crippen LogP contribution in [0.3, 0.4) is 0 Å². The molecule has 28 heavy (non-hydrogen) atoms. The SMILES string of the molecule is O=C1C(Cl)=C(NCc2ccco2)C(=O)N1c1ccc(Oc2ccccc2)cc1. The van der Waals surface area contributed by atoms with Crippen LogP contribution in [0.4, 0.5) is 5.69 Å². The summed E-state index contributed by atoms with van der Waals surface area (Å²) < 4.78 is 10.9. The summed E-state index contributed by atoms with van der Waals surface area (Å²) in [5.74, 6) is 0.809. The Balaban J connectivity index is 1.48. The normalized spacial score (nSPS) is 14.0. The Labute approximate surface area is 166 Å². The summed E-state index contributed by atoms with van der Waals surface area (Å²) in [6.07, 6.45) is 1.53. The molecule has 2 heterocycles. The summed E-state index contributed by atoms with van der Waals surface area (Å²) in [5, 5.41) is 2.72. The zero-order valence-corrected chi connectivity index (χ0v) is 15.3. The molecule has 0 fully saturated rings. The van der Waals surface area contributed by atoms with Crippen LogP contribution in [0, 0.1) is 0 Å². The molecule has 1 aliphatic rings. The van der Waals surface area contributed by atoms with Crippen molar-refractivity contribution in [1.82, 2.24) is 5.32 Å². The largest absolute Gasteiger partial charge is 0.467 e. The number of benzene rings is 2. The van der Waals surface area contributed by atoms with Gasteiger partial charge in [-0.25, -0.2) is 4.90 Å². The van der Waals surface area contributed by atoms with Crippen molar-refractivity contribution in [2.24, 2.45) is 0 Å². The number of nitrogens with one attached hydrogen (secondary N) is 1. The first-order valence-electron chi connectivity index (χ1n) is 8.51. The van der Waals surface area contributed by atoms with E-state index in [0.717, 1.165) is 4.90 Å². The second-order valence-corrected chi connectivity index (χ2v) is 6.35. The van der Waals surface area contributed by atoms with E-state index in [2.05, 4.69) is 5.32 Å². The predicted molar refractivity (Wildman–Crippen MR) is 104 cm³/mol. The van der Waals surface area contributed by atoms with E-state index in [-0.39, 0.29) is 17.3 Å². The summed E-state index contributed by atoms with van der Waals surface area (Å²) in [6, 6.07) is 19.4. The fourth-order valence-corrected chi connectivity index (χ4v) is 3.00. The summed E-state index contributed by atoms with van der Waals surface area (Å²) in [5.41, 5.74) is 0.455. The maximum atomic E-state index is 12.7. The molecule has 1 N–H and O–H groups in total. The average Bonchev–Trinajstić information content (AvgIpc) is 3.30. The van der Waals surface area contributed by atoms with Crippen molar-refractivity contribution in [1.29, 1.82) is 0 Å². The van der Waals surface area contributed by atoms with Gasteiger partial charge in [0.2, 0.25) is 0 Å². The van der Waals surface area contributed by atoms with Gasteiger partial charge >= 0.3 is 0 Å². The second-order valence-electron chi connectivity index (χ2n) is 5.98. The van der Waals surface area contributed by atoms with Gasteiger partial charge in [0.05, 0.1) is 18.5 Å². The number of carbonyl (C=O) groups is 2. The minimum atomic E-state index is -0.578. The van der Waals surface area contributed by atoms with Crippen LogP contribution in [0.25, 0.3) is 0 Å². The van der Waals surface area contributed by atoms with Crippen LogP contribution in [-0.4, -0.2) is 11.8 Å². The van der Waals surface area contributed by atoms with Crippen LogP contribution >= 0.6 is 11.6 Å². The number of halogens is 1. The molecule has 0 atom stereocenters. The number of para-hydroxylation sites is 1. The third-order valence-electron chi connectivity index (χ3n) is 4.12. The smallest absolute Gasteiger partial charge is 0.283 e. The first kappa shape index (κ1) is 17.9. The highest BCUT2D eigenvalue weighted by molar-refractivity contribution is 6.52. The monoisotopic (exact) mass is 394 g/mol. The molecule has 6 nitrogen and oxygen atoms in total. The van der Waals surface area contributed by atoms with E-state index < -0.39 is 11.8 Å². The van der Waals surface area contributed by atoms with E-state index in [9.17, 15) is 9.59 Å². The number of anilines is 1. The lowest BCUT2D eigenvalue weighted by Gasteiger charge is -2.15. The molecule has 0 unspecified atom stereocenters. The highest BCUT2D eigenvalue weighted by Gasteiger charge is 2.38. The number of ether oxygens (including phenoxy) is 1. The fourth-order valence-electron chi connectivity index (χ4n) is 2.77. The van der Waals surface area contributed by atoms with Gasteiger partial charge in [-0.3, -0.25) is 9.59 Å². The molecule has 2 amide bonds. The maximum Gasteiger partial charge on any atom is 0.283 e. The van der Waals surface area contributed by atoms with Gasteiger partial charge in [-0.15, -0.1) is 0 Å². The third kappa shape index (κ3) is 3.50. The average molecular weight is 395 g/mol. The van der Waals surface area contributed by atoms with Crippen LogP contribution in [0.15, 0.2) is 88.1 Å². The van der Waals surface area contributed by atoms with Crippen LogP contribution < -0.4 is 15.0 Å². The molecule has 7 heteroatoms. The van der Waals surface area contributed by atoms with Crippen molar-refractivity contribution >= 4 is 29.1 Å². The maximum absolute atomic E-state index is 12.7. The molecule has 0 bridgehead atoms. The van der Waals surface area contributed by atoms with Gasteiger partial charge in [-0.05, 0) is 48.5 Å². The highest BCUT2D eigenvalue weighted by Crippen LogP contribution is 2.30. The summed E-state index contributed by atoms with van der Waals surface area (Å²) in [7, 11) is 0. The van der Waals surface area contributed by atoms with Crippen molar-refractivity contribution in [2.75, 3.05) is 4.90 Å². The lowest BCUT2D eigenvalue weighted by atomic mass is 10.2. The topological polar surface area (TPSA) is 71.8 Å². The van der Waals surface area contributed by atoms with Gasteiger partial charge in [-0.2, -0.15) is 0 Å². The quantitative estimate of drug-likeness (QED) is 0.635. The van der Waals surface area contributed by atoms with Gasteiger partial charge in [0.15, 0.2) is 0 Å². The Morgan fingerprint density at radius 1 is 0.893 bits per heavy atom. The Morgan fingerprint density at radius 3 is 2.29 bits per heavy atom. The van der Waals surface area contributed by atoms with Crippen LogP contribution in [0.1, 0.15) is 5.76 Å². The Morgan fingerprint density at radius 2 is 1.61 bits per heavy atom. The molecule has 0 radical (unpaired) electrons. The molecule has 0 spiro atoms.